The molecule has 1 atom stereocenters. The second-order valence-electron chi connectivity index (χ2n) is 9.56. The van der Waals surface area contributed by atoms with Gasteiger partial charge in [-0.05, 0) is 44.0 Å². The average molecular weight is 592 g/mol. The number of carbonyl (C=O) groups excluding carboxylic acids is 2. The fourth-order valence-electron chi connectivity index (χ4n) is 4.46. The number of anilines is 1. The van der Waals surface area contributed by atoms with Gasteiger partial charge < -0.3 is 10.2 Å². The van der Waals surface area contributed by atoms with Crippen LogP contribution in [0.25, 0.3) is 0 Å². The maximum atomic E-state index is 14.5. The van der Waals surface area contributed by atoms with Crippen LogP contribution in [-0.2, 0) is 32.3 Å². The predicted molar refractivity (Wildman–Crippen MR) is 140 cm³/mol. The number of benzene rings is 2. The highest BCUT2D eigenvalue weighted by atomic mass is 35.5. The summed E-state index contributed by atoms with van der Waals surface area (Å²) in [6.07, 6.45) is 0.371. The molecule has 0 aromatic heterocycles. The minimum absolute atomic E-state index is 0.0820. The number of nitrogens with zero attached hydrogens (tertiary/aromatic N) is 2. The van der Waals surface area contributed by atoms with E-state index in [-0.39, 0.29) is 18.2 Å². The lowest BCUT2D eigenvalue weighted by Crippen LogP contribution is -2.53. The minimum Gasteiger partial charge on any atom is -0.352 e. The zero-order chi connectivity index (χ0) is 29.0. The molecular weight excluding hydrogens is 562 g/mol. The fraction of sp³-hybridized carbons (Fsp3) is 0.462. The number of hydrogen-bond donors (Lipinski definition) is 1. The topological polar surface area (TPSA) is 86.8 Å². The Balaban J connectivity index is 1.94. The van der Waals surface area contributed by atoms with Crippen molar-refractivity contribution in [2.24, 2.45) is 0 Å². The van der Waals surface area contributed by atoms with Crippen LogP contribution in [0.15, 0.2) is 42.5 Å². The Labute approximate surface area is 230 Å². The van der Waals surface area contributed by atoms with Crippen LogP contribution < -0.4 is 9.62 Å². The molecule has 3 rings (SSSR count). The largest absolute Gasteiger partial charge is 0.417 e. The van der Waals surface area contributed by atoms with Crippen molar-refractivity contribution in [3.8, 4) is 0 Å². The van der Waals surface area contributed by atoms with Crippen molar-refractivity contribution in [1.82, 2.24) is 10.2 Å². The first-order chi connectivity index (χ1) is 18.2. The van der Waals surface area contributed by atoms with Gasteiger partial charge in [-0.15, -0.1) is 0 Å². The highest BCUT2D eigenvalue weighted by Crippen LogP contribution is 2.37. The molecule has 0 unspecified atom stereocenters. The van der Waals surface area contributed by atoms with Crippen molar-refractivity contribution in [2.45, 2.75) is 63.8 Å². The van der Waals surface area contributed by atoms with Gasteiger partial charge in [-0.1, -0.05) is 49.1 Å². The molecule has 2 amide bonds. The SMILES string of the molecule is C[C@H](C(=O)NC1CCCCC1)N(Cc1ccccc1F)C(=O)CN(c1ccc(Cl)c(C(F)(F)F)c1)S(C)(=O)=O. The molecule has 0 bridgehead atoms. The molecule has 39 heavy (non-hydrogen) atoms. The van der Waals surface area contributed by atoms with Crippen LogP contribution in [0.4, 0.5) is 23.2 Å². The minimum atomic E-state index is -4.87. The summed E-state index contributed by atoms with van der Waals surface area (Å²) in [4.78, 5) is 27.7. The molecule has 0 spiro atoms. The summed E-state index contributed by atoms with van der Waals surface area (Å²) in [5.74, 6) is -2.04. The summed E-state index contributed by atoms with van der Waals surface area (Å²) < 4.78 is 80.5. The Morgan fingerprint density at radius 1 is 1.10 bits per heavy atom. The van der Waals surface area contributed by atoms with E-state index in [0.717, 1.165) is 55.4 Å². The monoisotopic (exact) mass is 591 g/mol. The summed E-state index contributed by atoms with van der Waals surface area (Å²) in [7, 11) is -4.27. The first-order valence-electron chi connectivity index (χ1n) is 12.4. The van der Waals surface area contributed by atoms with E-state index >= 15 is 0 Å². The molecule has 214 valence electrons. The van der Waals surface area contributed by atoms with E-state index in [1.807, 2.05) is 0 Å². The average Bonchev–Trinajstić information content (AvgIpc) is 2.86. The van der Waals surface area contributed by atoms with E-state index < -0.39 is 62.7 Å². The second-order valence-corrected chi connectivity index (χ2v) is 11.9. The lowest BCUT2D eigenvalue weighted by molar-refractivity contribution is -0.139. The molecule has 2 aromatic carbocycles. The molecule has 2 aromatic rings. The maximum Gasteiger partial charge on any atom is 0.417 e. The molecule has 0 saturated heterocycles. The van der Waals surface area contributed by atoms with E-state index in [2.05, 4.69) is 5.32 Å². The van der Waals surface area contributed by atoms with E-state index in [0.29, 0.717) is 10.4 Å². The van der Waals surface area contributed by atoms with E-state index in [4.69, 9.17) is 11.6 Å². The maximum absolute atomic E-state index is 14.5. The van der Waals surface area contributed by atoms with E-state index in [1.54, 1.807) is 6.07 Å². The number of nitrogens with one attached hydrogen (secondary N) is 1. The van der Waals surface area contributed by atoms with Crippen molar-refractivity contribution < 1.29 is 35.6 Å². The lowest BCUT2D eigenvalue weighted by Gasteiger charge is -2.33. The van der Waals surface area contributed by atoms with Gasteiger partial charge >= 0.3 is 6.18 Å². The molecule has 1 saturated carbocycles. The summed E-state index contributed by atoms with van der Waals surface area (Å²) in [6.45, 7) is 0.149. The fourth-order valence-corrected chi connectivity index (χ4v) is 5.53. The molecule has 0 radical (unpaired) electrons. The molecule has 1 fully saturated rings. The van der Waals surface area contributed by atoms with E-state index in [9.17, 15) is 35.6 Å². The third-order valence-electron chi connectivity index (χ3n) is 6.64. The number of rotatable bonds is 9. The van der Waals surface area contributed by atoms with E-state index in [1.165, 1.54) is 25.1 Å². The van der Waals surface area contributed by atoms with Crippen molar-refractivity contribution in [2.75, 3.05) is 17.1 Å². The summed E-state index contributed by atoms with van der Waals surface area (Å²) in [5, 5.41) is 2.26. The Bertz CT molecular complexity index is 1300. The third kappa shape index (κ3) is 8.07. The highest BCUT2D eigenvalue weighted by molar-refractivity contribution is 7.92. The van der Waals surface area contributed by atoms with Gasteiger partial charge in [-0.2, -0.15) is 13.2 Å². The third-order valence-corrected chi connectivity index (χ3v) is 8.11. The predicted octanol–water partition coefficient (Wildman–Crippen LogP) is 5.13. The van der Waals surface area contributed by atoms with Gasteiger partial charge in [0, 0.05) is 18.2 Å². The first kappa shape index (κ1) is 30.7. The van der Waals surface area contributed by atoms with Crippen molar-refractivity contribution in [1.29, 1.82) is 0 Å². The molecule has 1 aliphatic carbocycles. The molecular formula is C26H30ClF4N3O4S. The lowest BCUT2D eigenvalue weighted by atomic mass is 9.95. The molecule has 13 heteroatoms. The smallest absolute Gasteiger partial charge is 0.352 e. The molecule has 1 aliphatic rings. The number of halogens is 5. The van der Waals surface area contributed by atoms with Gasteiger partial charge in [0.1, 0.15) is 18.4 Å². The Kier molecular flexibility index (Phi) is 9.87. The number of sulfonamides is 1. The summed E-state index contributed by atoms with van der Waals surface area (Å²) in [5.41, 5.74) is -1.63. The van der Waals surface area contributed by atoms with Crippen molar-refractivity contribution >= 4 is 39.1 Å². The number of hydrogen-bond acceptors (Lipinski definition) is 4. The van der Waals surface area contributed by atoms with Crippen LogP contribution in [-0.4, -0.2) is 50.0 Å². The Morgan fingerprint density at radius 2 is 1.74 bits per heavy atom. The van der Waals surface area contributed by atoms with Crippen LogP contribution in [0.3, 0.4) is 0 Å². The normalized spacial score (nSPS) is 15.5. The zero-order valence-corrected chi connectivity index (χ0v) is 23.0. The second kappa shape index (κ2) is 12.5. The number of amides is 2. The van der Waals surface area contributed by atoms with Gasteiger partial charge in [0.15, 0.2) is 0 Å². The van der Waals surface area contributed by atoms with Crippen LogP contribution >= 0.6 is 11.6 Å². The van der Waals surface area contributed by atoms with Gasteiger partial charge in [0.05, 0.1) is 22.5 Å². The molecule has 7 nitrogen and oxygen atoms in total. The van der Waals surface area contributed by atoms with Gasteiger partial charge in [-0.3, -0.25) is 13.9 Å². The summed E-state index contributed by atoms with van der Waals surface area (Å²) >= 11 is 5.67. The first-order valence-corrected chi connectivity index (χ1v) is 14.6. The summed E-state index contributed by atoms with van der Waals surface area (Å²) in [6, 6.07) is 6.86. The Morgan fingerprint density at radius 3 is 2.33 bits per heavy atom. The standard InChI is InChI=1S/C26H30ClF4N3O4S/c1-17(25(36)32-19-9-4-3-5-10-19)33(15-18-8-6-7-11-23(18)28)24(35)16-34(39(2,37)38)20-12-13-22(27)21(14-20)26(29,30)31/h6-8,11-14,17,19H,3-5,9-10,15-16H2,1-2H3,(H,32,36)/t17-/m1/s1. The molecule has 1 N–H and O–H groups in total. The Hall–Kier alpha value is -2.86. The van der Waals surface area contributed by atoms with Gasteiger partial charge in [0.2, 0.25) is 21.8 Å². The van der Waals surface area contributed by atoms with Crippen LogP contribution in [0, 0.1) is 5.82 Å². The highest BCUT2D eigenvalue weighted by Gasteiger charge is 2.36. The van der Waals surface area contributed by atoms with Gasteiger partial charge in [0.25, 0.3) is 0 Å². The van der Waals surface area contributed by atoms with Crippen molar-refractivity contribution in [3.63, 3.8) is 0 Å². The number of alkyl halides is 3. The van der Waals surface area contributed by atoms with Crippen LogP contribution in [0.5, 0.6) is 0 Å². The molecule has 0 heterocycles. The van der Waals surface area contributed by atoms with Crippen LogP contribution in [0.2, 0.25) is 5.02 Å². The van der Waals surface area contributed by atoms with Crippen LogP contribution in [0.1, 0.15) is 50.2 Å². The quantitative estimate of drug-likeness (QED) is 0.410. The number of carbonyl (C=O) groups is 2. The van der Waals surface area contributed by atoms with Gasteiger partial charge in [-0.25, -0.2) is 12.8 Å². The molecule has 0 aliphatic heterocycles. The van der Waals surface area contributed by atoms with Crippen molar-refractivity contribution in [3.05, 3.63) is 64.4 Å². The zero-order valence-electron chi connectivity index (χ0n) is 21.5.